The van der Waals surface area contributed by atoms with Crippen LogP contribution in [0.3, 0.4) is 0 Å². The summed E-state index contributed by atoms with van der Waals surface area (Å²) in [7, 11) is 0. The Morgan fingerprint density at radius 2 is 1.05 bits per heavy atom. The summed E-state index contributed by atoms with van der Waals surface area (Å²) >= 11 is 0. The Labute approximate surface area is 556 Å². The summed E-state index contributed by atoms with van der Waals surface area (Å²) in [5.74, 6) is -1.33. The van der Waals surface area contributed by atoms with E-state index in [1.54, 1.807) is 0 Å². The van der Waals surface area contributed by atoms with Crippen molar-refractivity contribution in [2.24, 2.45) is 51.2 Å². The highest BCUT2D eigenvalue weighted by Crippen LogP contribution is 2.77. The van der Waals surface area contributed by atoms with Crippen molar-refractivity contribution >= 4 is 5.97 Å². The fourth-order valence-corrected chi connectivity index (χ4v) is 19.8. The second-order valence-electron chi connectivity index (χ2n) is 30.7. The van der Waals surface area contributed by atoms with Crippen molar-refractivity contribution in [2.75, 3.05) is 33.0 Å². The molecule has 40 atom stereocenters. The van der Waals surface area contributed by atoms with Gasteiger partial charge in [-0.2, -0.15) is 0 Å². The van der Waals surface area contributed by atoms with E-state index in [2.05, 4.69) is 27.4 Å². The molecule has 11 aliphatic rings. The maximum absolute atomic E-state index is 14.8. The number of aliphatic hydroxyl groups excluding tert-OH is 18. The third-order valence-corrected chi connectivity index (χ3v) is 25.6. The van der Waals surface area contributed by atoms with Crippen LogP contribution in [0.25, 0.3) is 0 Å². The molecule has 0 radical (unpaired) electrons. The number of hydrogen-bond donors (Lipinski definition) is 18. The van der Waals surface area contributed by atoms with Crippen LogP contribution in [0, 0.1) is 51.2 Å². The number of aliphatic hydroxyl groups is 18. The molecule has 0 aromatic rings. The molecule has 6 aliphatic heterocycles. The summed E-state index contributed by atoms with van der Waals surface area (Å²) in [5, 5.41) is 196. The van der Waals surface area contributed by atoms with Crippen LogP contribution in [0.1, 0.15) is 113 Å². The highest BCUT2D eigenvalue weighted by atomic mass is 16.8. The number of rotatable bonds is 17. The van der Waals surface area contributed by atoms with E-state index in [-0.39, 0.29) is 52.4 Å². The Bertz CT molecular complexity index is 2670. The van der Waals surface area contributed by atoms with Crippen molar-refractivity contribution in [3.05, 3.63) is 12.2 Å². The average molecular weight is 1380 g/mol. The molecular weight excluding hydrogens is 1280 g/mol. The number of ether oxygens (including phenoxy) is 12. The Balaban J connectivity index is 0.775. The molecule has 18 N–H and O–H groups in total. The molecule has 552 valence electrons. The van der Waals surface area contributed by atoms with Crippen LogP contribution in [-0.4, -0.2) is 321 Å². The van der Waals surface area contributed by atoms with E-state index in [1.165, 1.54) is 13.8 Å². The lowest BCUT2D eigenvalue weighted by Crippen LogP contribution is -2.69. The van der Waals surface area contributed by atoms with Crippen LogP contribution in [0.5, 0.6) is 0 Å². The van der Waals surface area contributed by atoms with Gasteiger partial charge >= 0.3 is 5.97 Å². The van der Waals surface area contributed by atoms with E-state index in [9.17, 15) is 96.7 Å². The Morgan fingerprint density at radius 3 is 1.66 bits per heavy atom. The topological polar surface area (TPSA) is 492 Å². The van der Waals surface area contributed by atoms with Crippen LogP contribution in [0.4, 0.5) is 0 Å². The van der Waals surface area contributed by atoms with Gasteiger partial charge in [-0.25, -0.2) is 4.79 Å². The van der Waals surface area contributed by atoms with Crippen LogP contribution in [0.15, 0.2) is 12.2 Å². The molecule has 0 aromatic carbocycles. The molecule has 31 heteroatoms. The number of esters is 1. The number of carbonyl (C=O) groups excluding carboxylic acids is 1. The molecule has 96 heavy (non-hydrogen) atoms. The molecule has 0 bridgehead atoms. The third kappa shape index (κ3) is 12.7. The summed E-state index contributed by atoms with van der Waals surface area (Å²) in [5.41, 5.74) is -2.12. The average Bonchev–Trinajstić information content (AvgIpc) is 0.970. The minimum Gasteiger partial charge on any atom is -0.457 e. The molecule has 6 saturated heterocycles. The second-order valence-corrected chi connectivity index (χ2v) is 30.7. The first-order valence-corrected chi connectivity index (χ1v) is 34.2. The maximum atomic E-state index is 14.8. The summed E-state index contributed by atoms with van der Waals surface area (Å²) in [6.07, 6.45) is -42.1. The number of fused-ring (bicyclic) bond motifs is 7. The van der Waals surface area contributed by atoms with Crippen LogP contribution in [0.2, 0.25) is 0 Å². The minimum absolute atomic E-state index is 0.00742. The van der Waals surface area contributed by atoms with Gasteiger partial charge in [0.15, 0.2) is 37.6 Å². The summed E-state index contributed by atoms with van der Waals surface area (Å²) < 4.78 is 72.4. The smallest absolute Gasteiger partial charge is 0.338 e. The van der Waals surface area contributed by atoms with E-state index in [1.807, 2.05) is 13.8 Å². The van der Waals surface area contributed by atoms with E-state index in [4.69, 9.17) is 56.8 Å². The van der Waals surface area contributed by atoms with Crippen molar-refractivity contribution in [1.29, 1.82) is 0 Å². The van der Waals surface area contributed by atoms with Gasteiger partial charge in [-0.15, -0.1) is 0 Å². The summed E-state index contributed by atoms with van der Waals surface area (Å²) in [6, 6.07) is 0. The number of hydrogen-bond acceptors (Lipinski definition) is 31. The highest BCUT2D eigenvalue weighted by Gasteiger charge is 2.73. The van der Waals surface area contributed by atoms with Gasteiger partial charge in [-0.05, 0) is 125 Å². The maximum Gasteiger partial charge on any atom is 0.338 e. The van der Waals surface area contributed by atoms with Gasteiger partial charge in [-0.3, -0.25) is 0 Å². The summed E-state index contributed by atoms with van der Waals surface area (Å²) in [4.78, 5) is 14.8. The molecule has 0 amide bonds. The first-order chi connectivity index (χ1) is 45.2. The van der Waals surface area contributed by atoms with Crippen molar-refractivity contribution in [2.45, 2.75) is 302 Å². The molecule has 0 aromatic heterocycles. The van der Waals surface area contributed by atoms with E-state index in [0.29, 0.717) is 44.9 Å². The van der Waals surface area contributed by atoms with Crippen LogP contribution >= 0.6 is 0 Å². The SMILES string of the molecule is C=C(C)C1CCC2(OC(=O)C3OC(COC4OC(CO)C(OC5OC(C)C(O)C(O)C5O)C(O)C4O)C(O)C(O)C3O)CCC3(C)C(CCC4C5(C)CCC(OC6OCC(OC7OC(CO)C(O)C(O)C7O)C(O)C6OC6OC(C)C(O)C(O)C6O)C(C)(CO)C5CCC43C)C12. The van der Waals surface area contributed by atoms with Gasteiger partial charge in [0.2, 0.25) is 0 Å². The lowest BCUT2D eigenvalue weighted by Gasteiger charge is -2.73. The van der Waals surface area contributed by atoms with Gasteiger partial charge in [0, 0.05) is 11.3 Å². The quantitative estimate of drug-likeness (QED) is 0.0368. The predicted molar refractivity (Wildman–Crippen MR) is 321 cm³/mol. The molecule has 5 aliphatic carbocycles. The lowest BCUT2D eigenvalue weighted by molar-refractivity contribution is -0.382. The molecule has 0 spiro atoms. The zero-order valence-corrected chi connectivity index (χ0v) is 55.4. The zero-order chi connectivity index (χ0) is 70.0. The molecule has 11 fully saturated rings. The molecule has 31 nitrogen and oxygen atoms in total. The van der Waals surface area contributed by atoms with Crippen molar-refractivity contribution in [1.82, 2.24) is 0 Å². The fraction of sp³-hybridized carbons (Fsp3) is 0.954. The van der Waals surface area contributed by atoms with Gasteiger partial charge in [-0.1, -0.05) is 39.8 Å². The normalized spacial score (nSPS) is 56.0. The molecular formula is C65H106O31. The first kappa shape index (κ1) is 75.2. The molecule has 5 saturated carbocycles. The zero-order valence-electron chi connectivity index (χ0n) is 55.4. The Kier molecular flexibility index (Phi) is 22.4. The van der Waals surface area contributed by atoms with Gasteiger partial charge in [0.05, 0.1) is 51.3 Å². The van der Waals surface area contributed by atoms with Gasteiger partial charge in [0.25, 0.3) is 0 Å². The van der Waals surface area contributed by atoms with E-state index < -0.39 is 227 Å². The largest absolute Gasteiger partial charge is 0.457 e. The minimum atomic E-state index is -1.97. The predicted octanol–water partition coefficient (Wildman–Crippen LogP) is -5.07. The van der Waals surface area contributed by atoms with Crippen molar-refractivity contribution < 1.29 is 154 Å². The molecule has 6 heterocycles. The van der Waals surface area contributed by atoms with Crippen molar-refractivity contribution in [3.8, 4) is 0 Å². The van der Waals surface area contributed by atoms with Crippen molar-refractivity contribution in [3.63, 3.8) is 0 Å². The van der Waals surface area contributed by atoms with Gasteiger partial charge < -0.3 is 149 Å². The molecule has 11 rings (SSSR count). The third-order valence-electron chi connectivity index (χ3n) is 25.6. The van der Waals surface area contributed by atoms with Crippen LogP contribution in [-0.2, 0) is 61.6 Å². The monoisotopic (exact) mass is 1380 g/mol. The number of carbonyl (C=O) groups is 1. The highest BCUT2D eigenvalue weighted by molar-refractivity contribution is 5.76. The summed E-state index contributed by atoms with van der Waals surface area (Å²) in [6.45, 7) is 15.3. The van der Waals surface area contributed by atoms with E-state index >= 15 is 0 Å². The Morgan fingerprint density at radius 1 is 0.490 bits per heavy atom. The Hall–Kier alpha value is -1.95. The lowest BCUT2D eigenvalue weighted by atomic mass is 9.32. The fourth-order valence-electron chi connectivity index (χ4n) is 19.8. The molecule has 40 unspecified atom stereocenters. The van der Waals surface area contributed by atoms with Crippen LogP contribution < -0.4 is 0 Å². The van der Waals surface area contributed by atoms with E-state index in [0.717, 1.165) is 24.8 Å². The standard InChI is InChI=1S/C65H106O31/c1-24(2)27-11-16-65(96-55(84)53-46(78)44(76)40(72)31(89-53)21-85-56-51(83)47(79)52(30(20-67)91-56)94-57-48(80)42(74)37(69)25(3)87-57)18-17-63(7)28(36(27)65)9-10-34-61(5)14-13-35(62(6,23-68)33(61)12-15-64(34,63)8)93-60-54(95-58-49(81)43(75)38(70)26(4)88-58)41(73)32(22-86-60)92-59-50(82)45(77)39(71)29(19-66)90-59/h25-54,56-60,66-83H,1,9-23H2,2-8H3. The second kappa shape index (κ2) is 28.6. The van der Waals surface area contributed by atoms with Gasteiger partial charge in [0.1, 0.15) is 134 Å². The first-order valence-electron chi connectivity index (χ1n) is 34.2. The number of allylic oxidation sites excluding steroid dienone is 1.